The van der Waals surface area contributed by atoms with Crippen molar-refractivity contribution >= 4 is 17.5 Å². The fourth-order valence-electron chi connectivity index (χ4n) is 2.39. The van der Waals surface area contributed by atoms with Crippen molar-refractivity contribution < 1.29 is 19.0 Å². The van der Waals surface area contributed by atoms with Gasteiger partial charge in [-0.3, -0.25) is 4.79 Å². The molecule has 0 unspecified atom stereocenters. The predicted molar refractivity (Wildman–Crippen MR) is 91.3 cm³/mol. The highest BCUT2D eigenvalue weighted by Gasteiger charge is 2.21. The van der Waals surface area contributed by atoms with E-state index in [4.69, 9.17) is 25.8 Å². The van der Waals surface area contributed by atoms with E-state index in [2.05, 4.69) is 5.32 Å². The second kappa shape index (κ2) is 7.45. The minimum Gasteiger partial charge on any atom is -0.492 e. The first-order chi connectivity index (χ1) is 11.7. The molecular formula is C18H18ClNO4. The number of fused-ring (bicyclic) bond motifs is 1. The molecule has 0 saturated carbocycles. The maximum Gasteiger partial charge on any atom is 0.251 e. The van der Waals surface area contributed by atoms with Crippen molar-refractivity contribution in [2.45, 2.75) is 13.0 Å². The van der Waals surface area contributed by atoms with Crippen LogP contribution in [0.15, 0.2) is 42.5 Å². The number of carbonyl (C=O) groups is 1. The van der Waals surface area contributed by atoms with E-state index < -0.39 is 0 Å². The van der Waals surface area contributed by atoms with Crippen LogP contribution in [0.5, 0.6) is 17.2 Å². The number of hydrogen-bond acceptors (Lipinski definition) is 4. The Morgan fingerprint density at radius 2 is 2.08 bits per heavy atom. The zero-order chi connectivity index (χ0) is 16.9. The third kappa shape index (κ3) is 3.74. The van der Waals surface area contributed by atoms with E-state index in [0.717, 1.165) is 5.75 Å². The molecule has 5 nitrogen and oxygen atoms in total. The van der Waals surface area contributed by atoms with Crippen LogP contribution in [0.2, 0.25) is 5.02 Å². The summed E-state index contributed by atoms with van der Waals surface area (Å²) in [5.74, 6) is 1.75. The van der Waals surface area contributed by atoms with E-state index in [0.29, 0.717) is 41.8 Å². The Bertz CT molecular complexity index is 735. The zero-order valence-corrected chi connectivity index (χ0v) is 14.0. The number of amides is 1. The lowest BCUT2D eigenvalue weighted by Crippen LogP contribution is -2.40. The molecule has 1 aliphatic heterocycles. The van der Waals surface area contributed by atoms with Crippen LogP contribution in [0.25, 0.3) is 0 Å². The second-order valence-electron chi connectivity index (χ2n) is 5.29. The molecule has 24 heavy (non-hydrogen) atoms. The molecule has 1 heterocycles. The van der Waals surface area contributed by atoms with Gasteiger partial charge in [0.15, 0.2) is 11.5 Å². The summed E-state index contributed by atoms with van der Waals surface area (Å²) in [6.07, 6.45) is -0.234. The summed E-state index contributed by atoms with van der Waals surface area (Å²) >= 11 is 6.11. The van der Waals surface area contributed by atoms with Gasteiger partial charge in [-0.1, -0.05) is 23.7 Å². The van der Waals surface area contributed by atoms with Gasteiger partial charge in [0.1, 0.15) is 18.5 Å². The number of para-hydroxylation sites is 2. The van der Waals surface area contributed by atoms with Gasteiger partial charge in [-0.15, -0.1) is 0 Å². The summed E-state index contributed by atoms with van der Waals surface area (Å²) < 4.78 is 16.8. The molecule has 0 aliphatic carbocycles. The van der Waals surface area contributed by atoms with Crippen LogP contribution in [0, 0.1) is 0 Å². The Kier molecular flexibility index (Phi) is 5.11. The van der Waals surface area contributed by atoms with Crippen LogP contribution in [-0.4, -0.2) is 31.8 Å². The Labute approximate surface area is 145 Å². The van der Waals surface area contributed by atoms with Crippen LogP contribution < -0.4 is 19.5 Å². The number of nitrogens with one attached hydrogen (secondary N) is 1. The maximum atomic E-state index is 12.2. The number of carbonyl (C=O) groups excluding carboxylic acids is 1. The predicted octanol–water partition coefficient (Wildman–Crippen LogP) is 3.31. The summed E-state index contributed by atoms with van der Waals surface area (Å²) in [7, 11) is 0. The van der Waals surface area contributed by atoms with Crippen LogP contribution in [0.4, 0.5) is 0 Å². The lowest BCUT2D eigenvalue weighted by Gasteiger charge is -2.26. The first-order valence-corrected chi connectivity index (χ1v) is 8.14. The van der Waals surface area contributed by atoms with E-state index in [9.17, 15) is 4.79 Å². The second-order valence-corrected chi connectivity index (χ2v) is 5.69. The summed E-state index contributed by atoms with van der Waals surface area (Å²) in [4.78, 5) is 12.2. The van der Waals surface area contributed by atoms with Crippen LogP contribution >= 0.6 is 11.6 Å². The monoisotopic (exact) mass is 347 g/mol. The number of ether oxygens (including phenoxy) is 3. The van der Waals surface area contributed by atoms with Gasteiger partial charge in [-0.05, 0) is 37.3 Å². The zero-order valence-electron chi connectivity index (χ0n) is 13.3. The van der Waals surface area contributed by atoms with E-state index in [1.807, 2.05) is 31.2 Å². The van der Waals surface area contributed by atoms with Gasteiger partial charge in [0, 0.05) is 5.56 Å². The molecule has 6 heteroatoms. The Balaban J connectivity index is 1.57. The minimum absolute atomic E-state index is 0.220. The third-order valence-electron chi connectivity index (χ3n) is 3.55. The molecule has 126 valence electrons. The van der Waals surface area contributed by atoms with Gasteiger partial charge >= 0.3 is 0 Å². The van der Waals surface area contributed by atoms with Gasteiger partial charge < -0.3 is 19.5 Å². The lowest BCUT2D eigenvalue weighted by molar-refractivity contribution is 0.0789. The SMILES string of the molecule is CCOc1ccc(C(=O)NC[C@@H]2COc3ccccc3O2)cc1Cl. The van der Waals surface area contributed by atoms with Crippen LogP contribution in [0.1, 0.15) is 17.3 Å². The molecule has 0 saturated heterocycles. The average Bonchev–Trinajstić information content (AvgIpc) is 2.61. The Morgan fingerprint density at radius 1 is 1.29 bits per heavy atom. The van der Waals surface area contributed by atoms with Gasteiger partial charge in [0.2, 0.25) is 0 Å². The van der Waals surface area contributed by atoms with Gasteiger partial charge in [0.25, 0.3) is 5.91 Å². The highest BCUT2D eigenvalue weighted by molar-refractivity contribution is 6.32. The third-order valence-corrected chi connectivity index (χ3v) is 3.85. The summed E-state index contributed by atoms with van der Waals surface area (Å²) in [5.41, 5.74) is 0.473. The molecule has 0 spiro atoms. The standard InChI is InChI=1S/C18H18ClNO4/c1-2-22-15-8-7-12(9-14(15)19)18(21)20-10-13-11-23-16-5-3-4-6-17(16)24-13/h3-9,13H,2,10-11H2,1H3,(H,20,21)/t13-/m1/s1. The molecule has 0 aromatic heterocycles. The van der Waals surface area contributed by atoms with Crippen molar-refractivity contribution in [2.24, 2.45) is 0 Å². The van der Waals surface area contributed by atoms with Crippen LogP contribution in [-0.2, 0) is 0 Å². The quantitative estimate of drug-likeness (QED) is 0.901. The highest BCUT2D eigenvalue weighted by Crippen LogP contribution is 2.30. The molecule has 1 aliphatic rings. The van der Waals surface area contributed by atoms with E-state index in [-0.39, 0.29) is 12.0 Å². The summed E-state index contributed by atoms with van der Waals surface area (Å²) in [6, 6.07) is 12.4. The van der Waals surface area contributed by atoms with Crippen molar-refractivity contribution in [3.05, 3.63) is 53.1 Å². The largest absolute Gasteiger partial charge is 0.492 e. The minimum atomic E-state index is -0.234. The van der Waals surface area contributed by atoms with Crippen molar-refractivity contribution in [2.75, 3.05) is 19.8 Å². The van der Waals surface area contributed by atoms with Gasteiger partial charge in [0.05, 0.1) is 18.2 Å². The van der Waals surface area contributed by atoms with Crippen molar-refractivity contribution in [1.82, 2.24) is 5.32 Å². The number of rotatable bonds is 5. The fourth-order valence-corrected chi connectivity index (χ4v) is 2.62. The van der Waals surface area contributed by atoms with Crippen LogP contribution in [0.3, 0.4) is 0 Å². The molecule has 3 rings (SSSR count). The Hall–Kier alpha value is -2.40. The van der Waals surface area contributed by atoms with E-state index >= 15 is 0 Å². The maximum absolute atomic E-state index is 12.2. The molecule has 2 aromatic carbocycles. The number of benzene rings is 2. The van der Waals surface area contributed by atoms with E-state index in [1.165, 1.54) is 0 Å². The molecule has 2 aromatic rings. The van der Waals surface area contributed by atoms with Gasteiger partial charge in [-0.25, -0.2) is 0 Å². The smallest absolute Gasteiger partial charge is 0.251 e. The molecular weight excluding hydrogens is 330 g/mol. The number of halogens is 1. The fraction of sp³-hybridized carbons (Fsp3) is 0.278. The molecule has 0 radical (unpaired) electrons. The number of hydrogen-bond donors (Lipinski definition) is 1. The highest BCUT2D eigenvalue weighted by atomic mass is 35.5. The van der Waals surface area contributed by atoms with Crippen molar-refractivity contribution in [3.63, 3.8) is 0 Å². The topological polar surface area (TPSA) is 56.8 Å². The normalized spacial score (nSPS) is 15.7. The molecule has 0 bridgehead atoms. The average molecular weight is 348 g/mol. The summed E-state index contributed by atoms with van der Waals surface area (Å²) in [6.45, 7) is 3.13. The van der Waals surface area contributed by atoms with Crippen molar-refractivity contribution in [3.8, 4) is 17.2 Å². The Morgan fingerprint density at radius 3 is 2.83 bits per heavy atom. The first kappa shape index (κ1) is 16.5. The molecule has 1 atom stereocenters. The lowest BCUT2D eigenvalue weighted by atomic mass is 10.2. The van der Waals surface area contributed by atoms with E-state index in [1.54, 1.807) is 18.2 Å². The summed E-state index contributed by atoms with van der Waals surface area (Å²) in [5, 5.41) is 3.25. The molecule has 1 amide bonds. The van der Waals surface area contributed by atoms with Gasteiger partial charge in [-0.2, -0.15) is 0 Å². The molecule has 0 fully saturated rings. The van der Waals surface area contributed by atoms with Crippen molar-refractivity contribution in [1.29, 1.82) is 0 Å². The molecule has 1 N–H and O–H groups in total. The first-order valence-electron chi connectivity index (χ1n) is 7.76.